The Kier molecular flexibility index (Phi) is 39.0. The van der Waals surface area contributed by atoms with E-state index in [9.17, 15) is 14.4 Å². The molecule has 0 saturated carbocycles. The lowest BCUT2D eigenvalue weighted by molar-refractivity contribution is -0.167. The fourth-order valence-electron chi connectivity index (χ4n) is 6.12. The summed E-state index contributed by atoms with van der Waals surface area (Å²) >= 11 is 0. The molecule has 0 heterocycles. The summed E-state index contributed by atoms with van der Waals surface area (Å²) in [6.45, 7) is 6.54. The Labute approximate surface area is 315 Å². The van der Waals surface area contributed by atoms with E-state index in [0.717, 1.165) is 77.0 Å². The van der Waals surface area contributed by atoms with Crippen molar-refractivity contribution in [3.63, 3.8) is 0 Å². The molecule has 1 atom stereocenters. The van der Waals surface area contributed by atoms with Gasteiger partial charge in [-0.3, -0.25) is 14.4 Å². The molecule has 298 valence electrons. The minimum Gasteiger partial charge on any atom is -0.462 e. The predicted octanol–water partition coefficient (Wildman–Crippen LogP) is 13.6. The maximum absolute atomic E-state index is 12.6. The molecule has 0 amide bonds. The monoisotopic (exact) mass is 719 g/mol. The first kappa shape index (κ1) is 48.9. The number of carbonyl (C=O) groups excluding carboxylic acids is 3. The molecule has 0 fully saturated rings. The van der Waals surface area contributed by atoms with Crippen LogP contribution in [-0.2, 0) is 28.6 Å². The Morgan fingerprint density at radius 3 is 1.12 bits per heavy atom. The van der Waals surface area contributed by atoms with Gasteiger partial charge in [0.1, 0.15) is 13.2 Å². The summed E-state index contributed by atoms with van der Waals surface area (Å²) in [6, 6.07) is 0. The van der Waals surface area contributed by atoms with Gasteiger partial charge in [0, 0.05) is 19.3 Å². The van der Waals surface area contributed by atoms with Gasteiger partial charge in [0.05, 0.1) is 0 Å². The number of hydrogen-bond donors (Lipinski definition) is 0. The topological polar surface area (TPSA) is 78.9 Å². The molecule has 0 radical (unpaired) electrons. The van der Waals surface area contributed by atoms with Crippen molar-refractivity contribution in [2.45, 2.75) is 232 Å². The lowest BCUT2D eigenvalue weighted by atomic mass is 10.1. The normalized spacial score (nSPS) is 12.1. The zero-order valence-corrected chi connectivity index (χ0v) is 33.9. The molecule has 0 spiro atoms. The van der Waals surface area contributed by atoms with E-state index >= 15 is 0 Å². The van der Waals surface area contributed by atoms with Gasteiger partial charge >= 0.3 is 17.9 Å². The minimum atomic E-state index is -0.767. The Balaban J connectivity index is 4.31. The van der Waals surface area contributed by atoms with Gasteiger partial charge in [-0.25, -0.2) is 0 Å². The Bertz CT molecular complexity index is 835. The first-order chi connectivity index (χ1) is 25.0. The maximum atomic E-state index is 12.6. The van der Waals surface area contributed by atoms with Crippen molar-refractivity contribution in [3.8, 4) is 0 Å². The summed E-state index contributed by atoms with van der Waals surface area (Å²) in [4.78, 5) is 37.5. The van der Waals surface area contributed by atoms with Crippen molar-refractivity contribution >= 4 is 17.9 Å². The SMILES string of the molecule is CCCCC/C=C\C/C=C\CCCCCCCC(=O)OCC(COC(=O)CCCCCCCCC)OC(=O)CCCCCCCCCCCCC. The van der Waals surface area contributed by atoms with Crippen LogP contribution in [0.4, 0.5) is 0 Å². The smallest absolute Gasteiger partial charge is 0.306 e. The molecule has 0 rings (SSSR count). The summed E-state index contributed by atoms with van der Waals surface area (Å²) in [5.74, 6) is -0.892. The second-order valence-corrected chi connectivity index (χ2v) is 14.6. The lowest BCUT2D eigenvalue weighted by Crippen LogP contribution is -2.30. The van der Waals surface area contributed by atoms with E-state index in [1.54, 1.807) is 0 Å². The third-order valence-electron chi connectivity index (χ3n) is 9.46. The van der Waals surface area contributed by atoms with Gasteiger partial charge in [0.25, 0.3) is 0 Å². The second-order valence-electron chi connectivity index (χ2n) is 14.6. The van der Waals surface area contributed by atoms with Crippen LogP contribution >= 0.6 is 0 Å². The third kappa shape index (κ3) is 38.9. The maximum Gasteiger partial charge on any atom is 0.306 e. The number of rotatable bonds is 39. The summed E-state index contributed by atoms with van der Waals surface area (Å²) < 4.78 is 16.6. The number of unbranched alkanes of at least 4 members (excludes halogenated alkanes) is 24. The first-order valence-corrected chi connectivity index (χ1v) is 21.8. The molecule has 51 heavy (non-hydrogen) atoms. The number of esters is 3. The molecule has 0 saturated heterocycles. The van der Waals surface area contributed by atoms with E-state index < -0.39 is 6.10 Å². The quantitative estimate of drug-likeness (QED) is 0.0272. The van der Waals surface area contributed by atoms with Gasteiger partial charge in [-0.05, 0) is 51.4 Å². The summed E-state index contributed by atoms with van der Waals surface area (Å²) in [5, 5.41) is 0. The zero-order chi connectivity index (χ0) is 37.3. The highest BCUT2D eigenvalue weighted by atomic mass is 16.6. The lowest BCUT2D eigenvalue weighted by Gasteiger charge is -2.18. The second kappa shape index (κ2) is 40.7. The van der Waals surface area contributed by atoms with Crippen LogP contribution in [0.1, 0.15) is 226 Å². The van der Waals surface area contributed by atoms with Crippen LogP contribution in [0.5, 0.6) is 0 Å². The van der Waals surface area contributed by atoms with Crippen molar-refractivity contribution < 1.29 is 28.6 Å². The van der Waals surface area contributed by atoms with E-state index in [-0.39, 0.29) is 31.1 Å². The van der Waals surface area contributed by atoms with Crippen LogP contribution in [0.3, 0.4) is 0 Å². The van der Waals surface area contributed by atoms with Crippen molar-refractivity contribution in [2.75, 3.05) is 13.2 Å². The van der Waals surface area contributed by atoms with E-state index in [1.165, 1.54) is 109 Å². The average Bonchev–Trinajstić information content (AvgIpc) is 3.12. The minimum absolute atomic E-state index is 0.0731. The third-order valence-corrected chi connectivity index (χ3v) is 9.46. The molecule has 1 unspecified atom stereocenters. The standard InChI is InChI=1S/C45H82O6/c1-4-7-10-13-16-18-20-21-22-23-25-26-29-32-35-38-44(47)50-41-42(40-49-43(46)37-34-31-28-15-12-9-6-3)51-45(48)39-36-33-30-27-24-19-17-14-11-8-5-2/h16,18,21-22,42H,4-15,17,19-20,23-41H2,1-3H3/b18-16-,22-21-. The van der Waals surface area contributed by atoms with Gasteiger partial charge in [-0.2, -0.15) is 0 Å². The number of carbonyl (C=O) groups is 3. The van der Waals surface area contributed by atoms with Crippen LogP contribution in [0.25, 0.3) is 0 Å². The van der Waals surface area contributed by atoms with Crippen LogP contribution < -0.4 is 0 Å². The predicted molar refractivity (Wildman–Crippen MR) is 215 cm³/mol. The van der Waals surface area contributed by atoms with E-state index in [2.05, 4.69) is 45.1 Å². The molecular weight excluding hydrogens is 636 g/mol. The number of ether oxygens (including phenoxy) is 3. The highest BCUT2D eigenvalue weighted by Crippen LogP contribution is 2.14. The average molecular weight is 719 g/mol. The first-order valence-electron chi connectivity index (χ1n) is 21.8. The molecule has 0 aliphatic heterocycles. The fraction of sp³-hybridized carbons (Fsp3) is 0.844. The molecule has 0 aliphatic rings. The zero-order valence-electron chi connectivity index (χ0n) is 33.9. The Morgan fingerprint density at radius 1 is 0.392 bits per heavy atom. The van der Waals surface area contributed by atoms with Gasteiger partial charge in [-0.15, -0.1) is 0 Å². The molecule has 0 N–H and O–H groups in total. The van der Waals surface area contributed by atoms with Gasteiger partial charge in [-0.1, -0.05) is 180 Å². The molecule has 0 aromatic carbocycles. The van der Waals surface area contributed by atoms with Crippen molar-refractivity contribution in [1.29, 1.82) is 0 Å². The van der Waals surface area contributed by atoms with Crippen LogP contribution in [-0.4, -0.2) is 37.2 Å². The molecule has 0 aromatic heterocycles. The molecule has 0 aromatic rings. The Morgan fingerprint density at radius 2 is 0.706 bits per heavy atom. The summed E-state index contributed by atoms with van der Waals surface area (Å²) in [6.07, 6.45) is 43.1. The van der Waals surface area contributed by atoms with E-state index in [0.29, 0.717) is 19.3 Å². The largest absolute Gasteiger partial charge is 0.462 e. The van der Waals surface area contributed by atoms with Crippen molar-refractivity contribution in [1.82, 2.24) is 0 Å². The Hall–Kier alpha value is -2.11. The number of hydrogen-bond acceptors (Lipinski definition) is 6. The molecular formula is C45H82O6. The van der Waals surface area contributed by atoms with Gasteiger partial charge in [0.15, 0.2) is 6.10 Å². The summed E-state index contributed by atoms with van der Waals surface area (Å²) in [7, 11) is 0. The molecule has 6 nitrogen and oxygen atoms in total. The van der Waals surface area contributed by atoms with Crippen molar-refractivity contribution in [2.24, 2.45) is 0 Å². The van der Waals surface area contributed by atoms with E-state index in [4.69, 9.17) is 14.2 Å². The highest BCUT2D eigenvalue weighted by molar-refractivity contribution is 5.71. The van der Waals surface area contributed by atoms with Crippen molar-refractivity contribution in [3.05, 3.63) is 24.3 Å². The molecule has 0 bridgehead atoms. The van der Waals surface area contributed by atoms with E-state index in [1.807, 2.05) is 0 Å². The molecule has 0 aliphatic carbocycles. The fourth-order valence-corrected chi connectivity index (χ4v) is 6.12. The van der Waals surface area contributed by atoms with Gasteiger partial charge < -0.3 is 14.2 Å². The van der Waals surface area contributed by atoms with Crippen LogP contribution in [0, 0.1) is 0 Å². The summed E-state index contributed by atoms with van der Waals surface area (Å²) in [5.41, 5.74) is 0. The number of allylic oxidation sites excluding steroid dienone is 4. The van der Waals surface area contributed by atoms with Gasteiger partial charge in [0.2, 0.25) is 0 Å². The van der Waals surface area contributed by atoms with Crippen LogP contribution in [0.15, 0.2) is 24.3 Å². The highest BCUT2D eigenvalue weighted by Gasteiger charge is 2.19. The van der Waals surface area contributed by atoms with Crippen LogP contribution in [0.2, 0.25) is 0 Å². The molecule has 6 heteroatoms.